The van der Waals surface area contributed by atoms with Gasteiger partial charge in [-0.2, -0.15) is 0 Å². The number of carbonyl (C=O) groups is 3. The van der Waals surface area contributed by atoms with E-state index in [-0.39, 0.29) is 18.9 Å². The van der Waals surface area contributed by atoms with Crippen molar-refractivity contribution in [3.63, 3.8) is 0 Å². The molecule has 1 saturated heterocycles. The van der Waals surface area contributed by atoms with Crippen molar-refractivity contribution in [2.45, 2.75) is 6.42 Å². The Bertz CT molecular complexity index is 501. The van der Waals surface area contributed by atoms with Crippen LogP contribution in [-0.4, -0.2) is 29.4 Å². The molecular weight excluding hydrogens is 258 g/mol. The Labute approximate surface area is 108 Å². The van der Waals surface area contributed by atoms with Gasteiger partial charge in [-0.15, -0.1) is 0 Å². The molecule has 1 heterocycles. The fourth-order valence-corrected chi connectivity index (χ4v) is 1.64. The minimum Gasteiger partial charge on any atom is -0.275 e. The van der Waals surface area contributed by atoms with E-state index < -0.39 is 11.9 Å². The van der Waals surface area contributed by atoms with E-state index in [2.05, 4.69) is 10.7 Å². The van der Waals surface area contributed by atoms with Crippen molar-refractivity contribution < 1.29 is 14.4 Å². The molecule has 7 heteroatoms. The van der Waals surface area contributed by atoms with Gasteiger partial charge >= 0.3 is 6.03 Å². The molecule has 0 bridgehead atoms. The zero-order chi connectivity index (χ0) is 13.1. The normalized spacial score (nSPS) is 14.6. The number of nitrogens with zero attached hydrogens (tertiary/aromatic N) is 1. The Morgan fingerprint density at radius 1 is 1.33 bits per heavy atom. The van der Waals surface area contributed by atoms with Crippen LogP contribution in [0.5, 0.6) is 0 Å². The van der Waals surface area contributed by atoms with Gasteiger partial charge in [0, 0.05) is 5.02 Å². The molecule has 0 spiro atoms. The summed E-state index contributed by atoms with van der Waals surface area (Å²) in [5.74, 6) is -0.811. The number of rotatable bonds is 3. The van der Waals surface area contributed by atoms with E-state index in [9.17, 15) is 14.4 Å². The molecule has 2 N–H and O–H groups in total. The first-order valence-electron chi connectivity index (χ1n) is 5.20. The molecule has 0 aliphatic carbocycles. The number of halogens is 1. The highest BCUT2D eigenvalue weighted by Crippen LogP contribution is 2.09. The molecule has 1 fully saturated rings. The van der Waals surface area contributed by atoms with Gasteiger partial charge in [0.15, 0.2) is 0 Å². The number of hydrogen-bond acceptors (Lipinski definition) is 3. The summed E-state index contributed by atoms with van der Waals surface area (Å²) in [6, 6.07) is 6.17. The quantitative estimate of drug-likeness (QED) is 0.781. The minimum atomic E-state index is -0.621. The van der Waals surface area contributed by atoms with Gasteiger partial charge in [-0.25, -0.2) is 9.80 Å². The zero-order valence-corrected chi connectivity index (χ0v) is 10.0. The second-order valence-electron chi connectivity index (χ2n) is 3.78. The van der Waals surface area contributed by atoms with Gasteiger partial charge in [0.25, 0.3) is 0 Å². The van der Waals surface area contributed by atoms with Crippen molar-refractivity contribution >= 4 is 29.4 Å². The first-order chi connectivity index (χ1) is 8.54. The Morgan fingerprint density at radius 3 is 2.56 bits per heavy atom. The van der Waals surface area contributed by atoms with Gasteiger partial charge in [-0.05, 0) is 17.7 Å². The molecule has 2 rings (SSSR count). The summed E-state index contributed by atoms with van der Waals surface area (Å²) < 4.78 is 0. The highest BCUT2D eigenvalue weighted by Gasteiger charge is 2.27. The Kier molecular flexibility index (Phi) is 3.47. The smallest absolute Gasteiger partial charge is 0.275 e. The fraction of sp³-hybridized carbons (Fsp3) is 0.182. The molecule has 18 heavy (non-hydrogen) atoms. The summed E-state index contributed by atoms with van der Waals surface area (Å²) in [6.07, 6.45) is 0.106. The lowest BCUT2D eigenvalue weighted by Crippen LogP contribution is -2.44. The Morgan fingerprint density at radius 2 is 2.00 bits per heavy atom. The summed E-state index contributed by atoms with van der Waals surface area (Å²) >= 11 is 5.72. The minimum absolute atomic E-state index is 0.106. The maximum atomic E-state index is 11.6. The van der Waals surface area contributed by atoms with E-state index in [4.69, 9.17) is 11.6 Å². The van der Waals surface area contributed by atoms with Crippen LogP contribution in [-0.2, 0) is 16.0 Å². The summed E-state index contributed by atoms with van der Waals surface area (Å²) in [4.78, 5) is 33.7. The molecule has 4 amide bonds. The topological polar surface area (TPSA) is 78.5 Å². The zero-order valence-electron chi connectivity index (χ0n) is 9.27. The molecule has 1 aliphatic rings. The molecule has 1 aromatic rings. The van der Waals surface area contributed by atoms with Crippen molar-refractivity contribution in [2.24, 2.45) is 0 Å². The molecule has 0 radical (unpaired) electrons. The van der Waals surface area contributed by atoms with E-state index in [1.165, 1.54) is 0 Å². The van der Waals surface area contributed by atoms with E-state index >= 15 is 0 Å². The lowest BCUT2D eigenvalue weighted by atomic mass is 10.1. The van der Waals surface area contributed by atoms with Gasteiger partial charge < -0.3 is 0 Å². The first-order valence-corrected chi connectivity index (χ1v) is 5.57. The van der Waals surface area contributed by atoms with Crippen LogP contribution in [0.2, 0.25) is 5.02 Å². The summed E-state index contributed by atoms with van der Waals surface area (Å²) in [5, 5.41) is 3.59. The Balaban J connectivity index is 1.91. The number of urea groups is 1. The molecule has 0 atom stereocenters. The third kappa shape index (κ3) is 2.98. The average molecular weight is 268 g/mol. The van der Waals surface area contributed by atoms with Crippen LogP contribution >= 0.6 is 11.6 Å². The predicted molar refractivity (Wildman–Crippen MR) is 63.5 cm³/mol. The van der Waals surface area contributed by atoms with Crippen molar-refractivity contribution in [3.8, 4) is 0 Å². The van der Waals surface area contributed by atoms with Crippen LogP contribution in [0, 0.1) is 0 Å². The second kappa shape index (κ2) is 5.05. The van der Waals surface area contributed by atoms with E-state index in [1.54, 1.807) is 24.3 Å². The molecule has 0 saturated carbocycles. The average Bonchev–Trinajstić information content (AvgIpc) is 2.61. The van der Waals surface area contributed by atoms with Gasteiger partial charge in [-0.1, -0.05) is 23.7 Å². The van der Waals surface area contributed by atoms with Gasteiger partial charge in [0.05, 0.1) is 6.42 Å². The van der Waals surface area contributed by atoms with Crippen molar-refractivity contribution in [2.75, 3.05) is 6.54 Å². The van der Waals surface area contributed by atoms with Crippen molar-refractivity contribution in [1.82, 2.24) is 15.8 Å². The summed E-state index contributed by atoms with van der Waals surface area (Å²) in [6.45, 7) is -0.162. The monoisotopic (exact) mass is 267 g/mol. The van der Waals surface area contributed by atoms with Crippen LogP contribution in [0.25, 0.3) is 0 Å². The molecular formula is C11H10ClN3O3. The number of carbonyl (C=O) groups excluding carboxylic acids is 3. The Hall–Kier alpha value is -2.08. The van der Waals surface area contributed by atoms with Crippen LogP contribution < -0.4 is 10.7 Å². The maximum Gasteiger partial charge on any atom is 0.343 e. The standard InChI is InChI=1S/C11H10ClN3O3/c12-8-3-1-7(2-4-8)5-9(16)14-15-6-10(17)13-11(15)18/h1-4H,5-6H2,(H,14,16)(H,13,17,18). The molecule has 1 aromatic carbocycles. The number of hydrazine groups is 1. The van der Waals surface area contributed by atoms with Crippen LogP contribution in [0.4, 0.5) is 4.79 Å². The lowest BCUT2D eigenvalue weighted by Gasteiger charge is -2.14. The predicted octanol–water partition coefficient (Wildman–Crippen LogP) is 0.466. The number of nitrogens with one attached hydrogen (secondary N) is 2. The SMILES string of the molecule is O=C1CN(NC(=O)Cc2ccc(Cl)cc2)C(=O)N1. The number of amides is 4. The lowest BCUT2D eigenvalue weighted by molar-refractivity contribution is -0.124. The fourth-order valence-electron chi connectivity index (χ4n) is 1.51. The number of imide groups is 1. The first kappa shape index (κ1) is 12.4. The molecule has 0 unspecified atom stereocenters. The van der Waals surface area contributed by atoms with Crippen molar-refractivity contribution in [1.29, 1.82) is 0 Å². The highest BCUT2D eigenvalue weighted by atomic mass is 35.5. The molecule has 1 aliphatic heterocycles. The maximum absolute atomic E-state index is 11.6. The van der Waals surface area contributed by atoms with Crippen LogP contribution in [0.1, 0.15) is 5.56 Å². The van der Waals surface area contributed by atoms with E-state index in [1.807, 2.05) is 0 Å². The van der Waals surface area contributed by atoms with Crippen molar-refractivity contribution in [3.05, 3.63) is 34.9 Å². The van der Waals surface area contributed by atoms with Gasteiger partial charge in [0.2, 0.25) is 11.8 Å². The van der Waals surface area contributed by atoms with E-state index in [0.29, 0.717) is 5.02 Å². The highest BCUT2D eigenvalue weighted by molar-refractivity contribution is 6.30. The summed E-state index contributed by atoms with van der Waals surface area (Å²) in [7, 11) is 0. The molecule has 6 nitrogen and oxygen atoms in total. The van der Waals surface area contributed by atoms with Gasteiger partial charge in [0.1, 0.15) is 6.54 Å². The van der Waals surface area contributed by atoms with Gasteiger partial charge in [-0.3, -0.25) is 20.3 Å². The van der Waals surface area contributed by atoms with Crippen LogP contribution in [0.3, 0.4) is 0 Å². The summed E-state index contributed by atoms with van der Waals surface area (Å²) in [5.41, 5.74) is 3.12. The second-order valence-corrected chi connectivity index (χ2v) is 4.21. The van der Waals surface area contributed by atoms with E-state index in [0.717, 1.165) is 10.6 Å². The number of hydrogen-bond donors (Lipinski definition) is 2. The van der Waals surface area contributed by atoms with Crippen LogP contribution in [0.15, 0.2) is 24.3 Å². The molecule has 0 aromatic heterocycles. The third-order valence-corrected chi connectivity index (χ3v) is 2.58. The largest absolute Gasteiger partial charge is 0.343 e. The number of benzene rings is 1. The third-order valence-electron chi connectivity index (χ3n) is 2.33. The molecule has 94 valence electrons.